The van der Waals surface area contributed by atoms with Crippen molar-refractivity contribution in [3.63, 3.8) is 0 Å². The average molecular weight is 420 g/mol. The van der Waals surface area contributed by atoms with Crippen LogP contribution in [0, 0.1) is 0 Å². The Labute approximate surface area is 183 Å². The molecule has 7 nitrogen and oxygen atoms in total. The molecule has 2 aromatic heterocycles. The third-order valence-corrected chi connectivity index (χ3v) is 5.16. The first-order chi connectivity index (χ1) is 15.8. The van der Waals surface area contributed by atoms with Crippen LogP contribution in [0.2, 0.25) is 0 Å². The van der Waals surface area contributed by atoms with Crippen molar-refractivity contribution < 1.29 is 4.79 Å². The Morgan fingerprint density at radius 1 is 0.719 bits per heavy atom. The number of amides is 1. The molecule has 0 aliphatic heterocycles. The van der Waals surface area contributed by atoms with E-state index >= 15 is 0 Å². The third kappa shape index (κ3) is 3.99. The number of carbonyl (C=O) groups is 1. The van der Waals surface area contributed by atoms with Crippen molar-refractivity contribution in [1.82, 2.24) is 15.4 Å². The minimum Gasteiger partial charge on any atom is -0.361 e. The second-order valence-corrected chi connectivity index (χ2v) is 7.23. The van der Waals surface area contributed by atoms with Crippen LogP contribution in [0.15, 0.2) is 95.4 Å². The SMILES string of the molecule is O=C(NN=Cc1c[nH]c2ccccc12)c1ccc(NN=Cc2c[nH]c3ccccc23)cc1. The molecule has 3 aromatic carbocycles. The normalized spacial score (nSPS) is 11.6. The van der Waals surface area contributed by atoms with Gasteiger partial charge in [-0.2, -0.15) is 10.2 Å². The van der Waals surface area contributed by atoms with Crippen LogP contribution in [0.5, 0.6) is 0 Å². The van der Waals surface area contributed by atoms with Crippen LogP contribution in [0.4, 0.5) is 5.69 Å². The number of para-hydroxylation sites is 2. The Balaban J connectivity index is 1.19. The number of H-pyrrole nitrogens is 2. The molecule has 0 saturated carbocycles. The summed E-state index contributed by atoms with van der Waals surface area (Å²) < 4.78 is 0. The number of aromatic nitrogens is 2. The second-order valence-electron chi connectivity index (χ2n) is 7.23. The van der Waals surface area contributed by atoms with E-state index < -0.39 is 0 Å². The van der Waals surface area contributed by atoms with Gasteiger partial charge in [0, 0.05) is 50.9 Å². The summed E-state index contributed by atoms with van der Waals surface area (Å²) >= 11 is 0. The van der Waals surface area contributed by atoms with Gasteiger partial charge in [0.25, 0.3) is 5.91 Å². The summed E-state index contributed by atoms with van der Waals surface area (Å²) in [6.07, 6.45) is 7.17. The van der Waals surface area contributed by atoms with E-state index in [-0.39, 0.29) is 5.91 Å². The van der Waals surface area contributed by atoms with Gasteiger partial charge < -0.3 is 9.97 Å². The highest BCUT2D eigenvalue weighted by molar-refractivity contribution is 6.00. The number of carbonyl (C=O) groups excluding carboxylic acids is 1. The minimum atomic E-state index is -0.282. The number of hydrogen-bond acceptors (Lipinski definition) is 4. The number of hydrazone groups is 2. The summed E-state index contributed by atoms with van der Waals surface area (Å²) in [4.78, 5) is 18.7. The van der Waals surface area contributed by atoms with E-state index in [4.69, 9.17) is 0 Å². The lowest BCUT2D eigenvalue weighted by atomic mass is 10.2. The molecule has 0 saturated heterocycles. The zero-order valence-electron chi connectivity index (χ0n) is 17.0. The fourth-order valence-electron chi connectivity index (χ4n) is 3.50. The summed E-state index contributed by atoms with van der Waals surface area (Å²) in [6.45, 7) is 0. The van der Waals surface area contributed by atoms with Gasteiger partial charge in [-0.25, -0.2) is 5.43 Å². The van der Waals surface area contributed by atoms with Crippen molar-refractivity contribution >= 4 is 45.8 Å². The highest BCUT2D eigenvalue weighted by Crippen LogP contribution is 2.17. The molecule has 0 atom stereocenters. The number of hydrogen-bond donors (Lipinski definition) is 4. The molecule has 5 aromatic rings. The van der Waals surface area contributed by atoms with Crippen LogP contribution in [0.25, 0.3) is 21.8 Å². The lowest BCUT2D eigenvalue weighted by Crippen LogP contribution is -2.17. The molecule has 0 aliphatic rings. The number of benzene rings is 3. The largest absolute Gasteiger partial charge is 0.361 e. The van der Waals surface area contributed by atoms with Gasteiger partial charge in [-0.05, 0) is 36.4 Å². The van der Waals surface area contributed by atoms with E-state index in [1.54, 1.807) is 36.7 Å². The van der Waals surface area contributed by atoms with Gasteiger partial charge in [-0.1, -0.05) is 36.4 Å². The van der Waals surface area contributed by atoms with E-state index in [0.29, 0.717) is 5.56 Å². The van der Waals surface area contributed by atoms with Gasteiger partial charge >= 0.3 is 0 Å². The van der Waals surface area contributed by atoms with Crippen LogP contribution in [-0.4, -0.2) is 28.3 Å². The molecule has 156 valence electrons. The summed E-state index contributed by atoms with van der Waals surface area (Å²) in [6, 6.07) is 23.0. The van der Waals surface area contributed by atoms with Gasteiger partial charge in [-0.3, -0.25) is 10.2 Å². The predicted octanol–water partition coefficient (Wildman–Crippen LogP) is 4.86. The second kappa shape index (κ2) is 8.61. The van der Waals surface area contributed by atoms with Crippen LogP contribution in [0.1, 0.15) is 21.5 Å². The number of anilines is 1. The molecule has 0 bridgehead atoms. The molecular formula is C25H20N6O. The molecule has 0 unspecified atom stereocenters. The number of nitrogens with one attached hydrogen (secondary N) is 4. The molecule has 0 fully saturated rings. The van der Waals surface area contributed by atoms with Crippen molar-refractivity contribution in [3.8, 4) is 0 Å². The van der Waals surface area contributed by atoms with E-state index in [0.717, 1.165) is 38.6 Å². The van der Waals surface area contributed by atoms with Crippen LogP contribution >= 0.6 is 0 Å². The van der Waals surface area contributed by atoms with Crippen molar-refractivity contribution in [2.24, 2.45) is 10.2 Å². The maximum Gasteiger partial charge on any atom is 0.271 e. The number of nitrogens with zero attached hydrogens (tertiary/aromatic N) is 2. The Bertz CT molecular complexity index is 1440. The standard InChI is InChI=1S/C25H20N6O/c32-25(31-29-16-19-14-27-24-8-4-2-6-22(19)24)17-9-11-20(12-10-17)30-28-15-18-13-26-23-7-3-1-5-21(18)23/h1-16,26-27,30H,(H,31,32). The molecule has 5 rings (SSSR count). The molecule has 0 aliphatic carbocycles. The Morgan fingerprint density at radius 2 is 1.28 bits per heavy atom. The number of fused-ring (bicyclic) bond motifs is 2. The smallest absolute Gasteiger partial charge is 0.271 e. The number of rotatable bonds is 6. The third-order valence-electron chi connectivity index (χ3n) is 5.16. The van der Waals surface area contributed by atoms with Crippen molar-refractivity contribution in [2.45, 2.75) is 0 Å². The van der Waals surface area contributed by atoms with Crippen molar-refractivity contribution in [2.75, 3.05) is 5.43 Å². The Kier molecular flexibility index (Phi) is 5.20. The molecule has 32 heavy (non-hydrogen) atoms. The topological polar surface area (TPSA) is 97.4 Å². The first-order valence-corrected chi connectivity index (χ1v) is 10.1. The van der Waals surface area contributed by atoms with E-state index in [1.807, 2.05) is 60.9 Å². The quantitative estimate of drug-likeness (QED) is 0.233. The zero-order chi connectivity index (χ0) is 21.8. The maximum absolute atomic E-state index is 12.4. The van der Waals surface area contributed by atoms with E-state index in [2.05, 4.69) is 31.0 Å². The van der Waals surface area contributed by atoms with Gasteiger partial charge in [0.15, 0.2) is 0 Å². The zero-order valence-corrected chi connectivity index (χ0v) is 17.0. The predicted molar refractivity (Wildman–Crippen MR) is 129 cm³/mol. The number of aromatic amines is 2. The highest BCUT2D eigenvalue weighted by atomic mass is 16.2. The first-order valence-electron chi connectivity index (χ1n) is 10.1. The first kappa shape index (κ1) is 19.3. The van der Waals surface area contributed by atoms with Crippen molar-refractivity contribution in [1.29, 1.82) is 0 Å². The summed E-state index contributed by atoms with van der Waals surface area (Å²) in [5, 5.41) is 10.5. The Morgan fingerprint density at radius 3 is 1.91 bits per heavy atom. The maximum atomic E-state index is 12.4. The van der Waals surface area contributed by atoms with Gasteiger partial charge in [0.1, 0.15) is 0 Å². The van der Waals surface area contributed by atoms with Crippen LogP contribution < -0.4 is 10.9 Å². The monoisotopic (exact) mass is 420 g/mol. The molecular weight excluding hydrogens is 400 g/mol. The molecule has 0 spiro atoms. The summed E-state index contributed by atoms with van der Waals surface area (Å²) in [5.41, 5.74) is 10.8. The molecule has 7 heteroatoms. The van der Waals surface area contributed by atoms with E-state index in [9.17, 15) is 4.79 Å². The fraction of sp³-hybridized carbons (Fsp3) is 0. The molecule has 0 radical (unpaired) electrons. The Hall–Kier alpha value is -4.65. The lowest BCUT2D eigenvalue weighted by Gasteiger charge is -2.03. The highest BCUT2D eigenvalue weighted by Gasteiger charge is 2.05. The van der Waals surface area contributed by atoms with Gasteiger partial charge in [0.05, 0.1) is 18.1 Å². The molecule has 1 amide bonds. The summed E-state index contributed by atoms with van der Waals surface area (Å²) in [5.74, 6) is -0.282. The van der Waals surface area contributed by atoms with Crippen molar-refractivity contribution in [3.05, 3.63) is 102 Å². The fourth-order valence-corrected chi connectivity index (χ4v) is 3.50. The average Bonchev–Trinajstić information content (AvgIpc) is 3.44. The van der Waals surface area contributed by atoms with E-state index in [1.165, 1.54) is 0 Å². The van der Waals surface area contributed by atoms with Crippen LogP contribution in [-0.2, 0) is 0 Å². The molecule has 4 N–H and O–H groups in total. The van der Waals surface area contributed by atoms with Gasteiger partial charge in [-0.15, -0.1) is 0 Å². The lowest BCUT2D eigenvalue weighted by molar-refractivity contribution is 0.0955. The van der Waals surface area contributed by atoms with Gasteiger partial charge in [0.2, 0.25) is 0 Å². The van der Waals surface area contributed by atoms with Crippen LogP contribution in [0.3, 0.4) is 0 Å². The summed E-state index contributed by atoms with van der Waals surface area (Å²) in [7, 11) is 0. The molecule has 2 heterocycles. The minimum absolute atomic E-state index is 0.282.